The van der Waals surface area contributed by atoms with Gasteiger partial charge in [0.2, 0.25) is 5.91 Å². The van der Waals surface area contributed by atoms with Gasteiger partial charge in [0.05, 0.1) is 19.1 Å². The van der Waals surface area contributed by atoms with Gasteiger partial charge in [-0.2, -0.15) is 0 Å². The van der Waals surface area contributed by atoms with Crippen molar-refractivity contribution in [3.05, 3.63) is 75.8 Å². The number of benzene rings is 2. The van der Waals surface area contributed by atoms with Gasteiger partial charge >= 0.3 is 5.63 Å². The predicted octanol–water partition coefficient (Wildman–Crippen LogP) is 3.88. The van der Waals surface area contributed by atoms with Gasteiger partial charge < -0.3 is 19.5 Å². The minimum absolute atomic E-state index is 0.0195. The van der Waals surface area contributed by atoms with E-state index in [1.54, 1.807) is 13.2 Å². The summed E-state index contributed by atoms with van der Waals surface area (Å²) < 4.78 is 10.6. The number of hydrogen-bond donors (Lipinski definition) is 2. The van der Waals surface area contributed by atoms with E-state index in [1.165, 1.54) is 0 Å². The third-order valence-electron chi connectivity index (χ3n) is 5.44. The van der Waals surface area contributed by atoms with Crippen molar-refractivity contribution >= 4 is 27.8 Å². The van der Waals surface area contributed by atoms with Crippen LogP contribution >= 0.6 is 0 Å². The van der Waals surface area contributed by atoms with Crippen molar-refractivity contribution in [2.24, 2.45) is 0 Å². The van der Waals surface area contributed by atoms with Crippen LogP contribution in [0.3, 0.4) is 0 Å². The number of carbonyl (C=O) groups excluding carboxylic acids is 1. The van der Waals surface area contributed by atoms with Crippen molar-refractivity contribution < 1.29 is 13.9 Å². The number of methoxy groups -OCH3 is 1. The number of para-hydroxylation sites is 1. The number of ether oxygens (including phenoxy) is 1. The Morgan fingerprint density at radius 3 is 2.80 bits per heavy atom. The van der Waals surface area contributed by atoms with Crippen LogP contribution in [0.4, 0.5) is 0 Å². The number of aromatic amines is 1. The zero-order valence-corrected chi connectivity index (χ0v) is 17.2. The second kappa shape index (κ2) is 8.06. The normalized spacial score (nSPS) is 12.2. The van der Waals surface area contributed by atoms with Crippen molar-refractivity contribution in [2.45, 2.75) is 32.7 Å². The van der Waals surface area contributed by atoms with Gasteiger partial charge in [0.15, 0.2) is 0 Å². The molecule has 4 aromatic rings. The van der Waals surface area contributed by atoms with E-state index in [0.717, 1.165) is 27.4 Å². The Hall–Kier alpha value is -3.54. The van der Waals surface area contributed by atoms with Crippen LogP contribution in [-0.4, -0.2) is 24.0 Å². The van der Waals surface area contributed by atoms with E-state index in [9.17, 15) is 9.59 Å². The third kappa shape index (κ3) is 3.81. The fourth-order valence-electron chi connectivity index (χ4n) is 3.87. The summed E-state index contributed by atoms with van der Waals surface area (Å²) in [5.41, 5.74) is 3.31. The number of aryl methyl sites for hydroxylation is 1. The van der Waals surface area contributed by atoms with Crippen molar-refractivity contribution in [3.8, 4) is 5.75 Å². The highest BCUT2D eigenvalue weighted by molar-refractivity contribution is 5.86. The summed E-state index contributed by atoms with van der Waals surface area (Å²) in [4.78, 5) is 28.4. The van der Waals surface area contributed by atoms with Gasteiger partial charge in [-0.25, -0.2) is 4.79 Å². The molecule has 1 unspecified atom stereocenters. The molecule has 0 spiro atoms. The fourth-order valence-corrected chi connectivity index (χ4v) is 3.87. The van der Waals surface area contributed by atoms with Gasteiger partial charge in [0, 0.05) is 34.6 Å². The maximum atomic E-state index is 12.6. The molecular weight excluding hydrogens is 380 g/mol. The van der Waals surface area contributed by atoms with Gasteiger partial charge in [0.25, 0.3) is 0 Å². The first-order valence-corrected chi connectivity index (χ1v) is 9.91. The topological polar surface area (TPSA) is 84.3 Å². The Morgan fingerprint density at radius 1 is 1.20 bits per heavy atom. The molecule has 0 bridgehead atoms. The molecule has 0 aliphatic carbocycles. The standard InChI is InChI=1S/C24H24N2O4/c1-14(10-16-13-25-21-7-5-4-6-19(16)21)26-23(27)12-20-15(2)18-9-8-17(29-3)11-22(18)30-24(20)28/h4-9,11,13-14,25H,10,12H2,1-3H3,(H,26,27). The van der Waals surface area contributed by atoms with Gasteiger partial charge in [-0.3, -0.25) is 4.79 Å². The molecule has 1 amide bonds. The number of amides is 1. The van der Waals surface area contributed by atoms with E-state index in [2.05, 4.69) is 16.4 Å². The molecule has 6 heteroatoms. The number of rotatable bonds is 6. The molecule has 0 saturated heterocycles. The second-order valence-electron chi connectivity index (χ2n) is 7.56. The molecule has 0 radical (unpaired) electrons. The third-order valence-corrected chi connectivity index (χ3v) is 5.44. The van der Waals surface area contributed by atoms with Crippen LogP contribution in [0, 0.1) is 6.92 Å². The summed E-state index contributed by atoms with van der Waals surface area (Å²) in [6, 6.07) is 13.3. The maximum Gasteiger partial charge on any atom is 0.340 e. The van der Waals surface area contributed by atoms with E-state index in [1.807, 2.05) is 50.4 Å². The lowest BCUT2D eigenvalue weighted by atomic mass is 10.0. The summed E-state index contributed by atoms with van der Waals surface area (Å²) in [7, 11) is 1.56. The molecule has 2 N–H and O–H groups in total. The lowest BCUT2D eigenvalue weighted by molar-refractivity contribution is -0.121. The van der Waals surface area contributed by atoms with Gasteiger partial charge in [-0.05, 0) is 49.6 Å². The van der Waals surface area contributed by atoms with Crippen LogP contribution in [0.25, 0.3) is 21.9 Å². The second-order valence-corrected chi connectivity index (χ2v) is 7.56. The first kappa shape index (κ1) is 19.8. The highest BCUT2D eigenvalue weighted by Crippen LogP contribution is 2.24. The molecule has 6 nitrogen and oxygen atoms in total. The molecule has 0 aliphatic rings. The largest absolute Gasteiger partial charge is 0.497 e. The summed E-state index contributed by atoms with van der Waals surface area (Å²) in [5, 5.41) is 4.95. The average Bonchev–Trinajstić information content (AvgIpc) is 3.13. The van der Waals surface area contributed by atoms with Crippen LogP contribution in [0.1, 0.15) is 23.6 Å². The summed E-state index contributed by atoms with van der Waals surface area (Å²) >= 11 is 0. The Morgan fingerprint density at radius 2 is 2.00 bits per heavy atom. The molecule has 154 valence electrons. The molecule has 4 rings (SSSR count). The number of H-pyrrole nitrogens is 1. The van der Waals surface area contributed by atoms with Crippen molar-refractivity contribution in [3.63, 3.8) is 0 Å². The SMILES string of the molecule is COc1ccc2c(C)c(CC(=O)NC(C)Cc3c[nH]c4ccccc34)c(=O)oc2c1. The Bertz CT molecular complexity index is 1290. The smallest absolute Gasteiger partial charge is 0.340 e. The molecule has 2 aromatic carbocycles. The van der Waals surface area contributed by atoms with E-state index in [-0.39, 0.29) is 18.4 Å². The number of fused-ring (bicyclic) bond motifs is 2. The minimum atomic E-state index is -0.493. The number of nitrogens with one attached hydrogen (secondary N) is 2. The molecule has 0 fully saturated rings. The van der Waals surface area contributed by atoms with E-state index >= 15 is 0 Å². The van der Waals surface area contributed by atoms with Crippen LogP contribution in [0.5, 0.6) is 5.75 Å². The Kier molecular flexibility index (Phi) is 5.31. The number of hydrogen-bond acceptors (Lipinski definition) is 4. The van der Waals surface area contributed by atoms with Gasteiger partial charge in [0.1, 0.15) is 11.3 Å². The van der Waals surface area contributed by atoms with Crippen LogP contribution in [0.2, 0.25) is 0 Å². The van der Waals surface area contributed by atoms with Gasteiger partial charge in [-0.1, -0.05) is 18.2 Å². The zero-order chi connectivity index (χ0) is 21.3. The Balaban J connectivity index is 1.49. The fraction of sp³-hybridized carbons (Fsp3) is 0.250. The summed E-state index contributed by atoms with van der Waals surface area (Å²) in [5.74, 6) is 0.409. The number of aromatic nitrogens is 1. The lowest BCUT2D eigenvalue weighted by Gasteiger charge is -2.14. The molecule has 0 saturated carbocycles. The highest BCUT2D eigenvalue weighted by Gasteiger charge is 2.17. The average molecular weight is 404 g/mol. The number of carbonyl (C=O) groups is 1. The highest BCUT2D eigenvalue weighted by atomic mass is 16.5. The molecular formula is C24H24N2O4. The monoisotopic (exact) mass is 404 g/mol. The van der Waals surface area contributed by atoms with Crippen LogP contribution in [0.15, 0.2) is 57.9 Å². The predicted molar refractivity (Wildman–Crippen MR) is 117 cm³/mol. The van der Waals surface area contributed by atoms with Crippen LogP contribution in [-0.2, 0) is 17.6 Å². The van der Waals surface area contributed by atoms with Crippen LogP contribution < -0.4 is 15.7 Å². The van der Waals surface area contributed by atoms with E-state index in [4.69, 9.17) is 9.15 Å². The summed E-state index contributed by atoms with van der Waals surface area (Å²) in [6.07, 6.45) is 2.65. The Labute approximate surface area is 173 Å². The molecule has 30 heavy (non-hydrogen) atoms. The molecule has 0 aliphatic heterocycles. The minimum Gasteiger partial charge on any atom is -0.497 e. The van der Waals surface area contributed by atoms with Crippen molar-refractivity contribution in [2.75, 3.05) is 7.11 Å². The quantitative estimate of drug-likeness (QED) is 0.478. The first-order chi connectivity index (χ1) is 14.5. The summed E-state index contributed by atoms with van der Waals surface area (Å²) in [6.45, 7) is 3.80. The maximum absolute atomic E-state index is 12.6. The van der Waals surface area contributed by atoms with E-state index < -0.39 is 5.63 Å². The van der Waals surface area contributed by atoms with Gasteiger partial charge in [-0.15, -0.1) is 0 Å². The zero-order valence-electron chi connectivity index (χ0n) is 17.2. The first-order valence-electron chi connectivity index (χ1n) is 9.91. The molecule has 1 atom stereocenters. The van der Waals surface area contributed by atoms with Crippen molar-refractivity contribution in [1.29, 1.82) is 0 Å². The lowest BCUT2D eigenvalue weighted by Crippen LogP contribution is -2.36. The van der Waals surface area contributed by atoms with Crippen molar-refractivity contribution in [1.82, 2.24) is 10.3 Å². The molecule has 2 aromatic heterocycles. The van der Waals surface area contributed by atoms with E-state index in [0.29, 0.717) is 23.3 Å². The molecule has 2 heterocycles.